The summed E-state index contributed by atoms with van der Waals surface area (Å²) in [5.41, 5.74) is 1.57. The molecule has 0 fully saturated rings. The van der Waals surface area contributed by atoms with Crippen LogP contribution in [-0.4, -0.2) is 43.0 Å². The molecule has 146 valence electrons. The van der Waals surface area contributed by atoms with Crippen LogP contribution in [0.3, 0.4) is 0 Å². The number of amides is 4. The normalized spacial score (nSPS) is 12.9. The van der Waals surface area contributed by atoms with Crippen LogP contribution in [-0.2, 0) is 11.3 Å². The van der Waals surface area contributed by atoms with Gasteiger partial charge in [-0.3, -0.25) is 14.5 Å². The molecule has 4 amide bonds. The highest BCUT2D eigenvalue weighted by atomic mass is 19.1. The first-order valence-electron chi connectivity index (χ1n) is 8.78. The quantitative estimate of drug-likeness (QED) is 0.567. The van der Waals surface area contributed by atoms with Crippen molar-refractivity contribution in [2.24, 2.45) is 0 Å². The predicted molar refractivity (Wildman–Crippen MR) is 101 cm³/mol. The maximum atomic E-state index is 13.2. The molecule has 2 aromatic carbocycles. The van der Waals surface area contributed by atoms with E-state index in [1.807, 2.05) is 0 Å². The second kappa shape index (κ2) is 8.62. The van der Waals surface area contributed by atoms with Crippen LogP contribution in [0.1, 0.15) is 32.7 Å². The van der Waals surface area contributed by atoms with Crippen molar-refractivity contribution < 1.29 is 23.5 Å². The predicted octanol–water partition coefficient (Wildman–Crippen LogP) is 2.78. The number of fused-ring (bicyclic) bond motifs is 1. The molecule has 0 saturated heterocycles. The number of ether oxygens (including phenoxy) is 1. The average Bonchev–Trinajstić information content (AvgIpc) is 2.91. The lowest BCUT2D eigenvalue weighted by Crippen LogP contribution is -2.31. The van der Waals surface area contributed by atoms with Gasteiger partial charge in [0.05, 0.1) is 11.1 Å². The fourth-order valence-electron chi connectivity index (χ4n) is 2.94. The fraction of sp³-hybridized carbons (Fsp3) is 0.250. The first-order valence-corrected chi connectivity index (χ1v) is 8.78. The van der Waals surface area contributed by atoms with Crippen LogP contribution in [0.5, 0.6) is 0 Å². The van der Waals surface area contributed by atoms with Crippen molar-refractivity contribution in [2.75, 3.05) is 25.6 Å². The van der Waals surface area contributed by atoms with E-state index in [-0.39, 0.29) is 36.3 Å². The maximum absolute atomic E-state index is 13.2. The minimum Gasteiger partial charge on any atom is -0.385 e. The maximum Gasteiger partial charge on any atom is 0.319 e. The molecule has 0 aliphatic carbocycles. The second-order valence-corrected chi connectivity index (χ2v) is 6.31. The minimum absolute atomic E-state index is 0.152. The number of halogens is 1. The van der Waals surface area contributed by atoms with Crippen LogP contribution < -0.4 is 10.6 Å². The summed E-state index contributed by atoms with van der Waals surface area (Å²) >= 11 is 0. The van der Waals surface area contributed by atoms with E-state index in [4.69, 9.17) is 4.74 Å². The van der Waals surface area contributed by atoms with Gasteiger partial charge in [0.25, 0.3) is 11.8 Å². The van der Waals surface area contributed by atoms with Gasteiger partial charge in [-0.25, -0.2) is 9.18 Å². The van der Waals surface area contributed by atoms with E-state index in [1.54, 1.807) is 25.3 Å². The number of methoxy groups -OCH3 is 1. The Morgan fingerprint density at radius 1 is 1.11 bits per heavy atom. The summed E-state index contributed by atoms with van der Waals surface area (Å²) in [6, 6.07) is 9.97. The summed E-state index contributed by atoms with van der Waals surface area (Å²) in [5, 5.41) is 5.23. The standard InChI is InChI=1S/C20H20FN3O4/c1-28-9-3-8-24-18(25)16-7-6-15(11-17(16)19(24)26)23-20(27)22-12-13-4-2-5-14(21)10-13/h2,4-7,10-11H,3,8-9,12H2,1H3,(H2,22,23,27). The van der Waals surface area contributed by atoms with Gasteiger partial charge in [-0.15, -0.1) is 0 Å². The van der Waals surface area contributed by atoms with Crippen molar-refractivity contribution in [3.05, 3.63) is 65.0 Å². The van der Waals surface area contributed by atoms with Crippen molar-refractivity contribution in [3.63, 3.8) is 0 Å². The molecule has 0 bridgehead atoms. The number of anilines is 1. The molecule has 7 nitrogen and oxygen atoms in total. The van der Waals surface area contributed by atoms with Crippen LogP contribution in [0.25, 0.3) is 0 Å². The van der Waals surface area contributed by atoms with Crippen LogP contribution >= 0.6 is 0 Å². The van der Waals surface area contributed by atoms with Gasteiger partial charge >= 0.3 is 6.03 Å². The zero-order valence-electron chi connectivity index (χ0n) is 15.3. The van der Waals surface area contributed by atoms with Crippen LogP contribution in [0.4, 0.5) is 14.9 Å². The largest absolute Gasteiger partial charge is 0.385 e. The number of nitrogens with zero attached hydrogens (tertiary/aromatic N) is 1. The van der Waals surface area contributed by atoms with E-state index in [0.717, 1.165) is 0 Å². The Morgan fingerprint density at radius 2 is 1.89 bits per heavy atom. The van der Waals surface area contributed by atoms with Crippen molar-refractivity contribution >= 4 is 23.5 Å². The van der Waals surface area contributed by atoms with Crippen LogP contribution in [0.15, 0.2) is 42.5 Å². The lowest BCUT2D eigenvalue weighted by atomic mass is 10.1. The van der Waals surface area contributed by atoms with Crippen LogP contribution in [0, 0.1) is 5.82 Å². The summed E-state index contributed by atoms with van der Waals surface area (Å²) in [4.78, 5) is 38.1. The summed E-state index contributed by atoms with van der Waals surface area (Å²) in [5.74, 6) is -1.12. The summed E-state index contributed by atoms with van der Waals surface area (Å²) < 4.78 is 18.1. The van der Waals surface area contributed by atoms with E-state index in [1.165, 1.54) is 29.2 Å². The second-order valence-electron chi connectivity index (χ2n) is 6.31. The topological polar surface area (TPSA) is 87.7 Å². The Morgan fingerprint density at radius 3 is 2.64 bits per heavy atom. The summed E-state index contributed by atoms with van der Waals surface area (Å²) in [6.07, 6.45) is 0.551. The van der Waals surface area contributed by atoms with Crippen molar-refractivity contribution in [2.45, 2.75) is 13.0 Å². The third kappa shape index (κ3) is 4.34. The molecule has 3 rings (SSSR count). The van der Waals surface area contributed by atoms with E-state index in [0.29, 0.717) is 29.8 Å². The molecule has 0 atom stereocenters. The monoisotopic (exact) mass is 385 g/mol. The lowest BCUT2D eigenvalue weighted by Gasteiger charge is -2.12. The van der Waals surface area contributed by atoms with Crippen molar-refractivity contribution in [1.29, 1.82) is 0 Å². The number of rotatable bonds is 7. The summed E-state index contributed by atoms with van der Waals surface area (Å²) in [6.45, 7) is 0.877. The molecule has 2 aromatic rings. The highest BCUT2D eigenvalue weighted by Gasteiger charge is 2.35. The molecule has 0 aromatic heterocycles. The molecular weight excluding hydrogens is 365 g/mol. The number of hydrogen-bond donors (Lipinski definition) is 2. The number of carbonyl (C=O) groups is 3. The smallest absolute Gasteiger partial charge is 0.319 e. The molecular formula is C20H20FN3O4. The van der Waals surface area contributed by atoms with Gasteiger partial charge in [-0.05, 0) is 42.3 Å². The zero-order valence-corrected chi connectivity index (χ0v) is 15.3. The van der Waals surface area contributed by atoms with E-state index < -0.39 is 6.03 Å². The molecule has 0 saturated carbocycles. The molecule has 0 spiro atoms. The van der Waals surface area contributed by atoms with Crippen LogP contribution in [0.2, 0.25) is 0 Å². The number of imide groups is 1. The molecule has 28 heavy (non-hydrogen) atoms. The Bertz CT molecular complexity index is 916. The molecule has 8 heteroatoms. The zero-order chi connectivity index (χ0) is 20.1. The third-order valence-electron chi connectivity index (χ3n) is 4.30. The van der Waals surface area contributed by atoms with E-state index in [9.17, 15) is 18.8 Å². The van der Waals surface area contributed by atoms with Gasteiger partial charge in [-0.2, -0.15) is 0 Å². The number of urea groups is 1. The average molecular weight is 385 g/mol. The van der Waals surface area contributed by atoms with Crippen molar-refractivity contribution in [1.82, 2.24) is 10.2 Å². The fourth-order valence-corrected chi connectivity index (χ4v) is 2.94. The van der Waals surface area contributed by atoms with Gasteiger partial charge in [0.15, 0.2) is 0 Å². The van der Waals surface area contributed by atoms with Gasteiger partial charge in [0.2, 0.25) is 0 Å². The first-order chi connectivity index (χ1) is 13.5. The Kier molecular flexibility index (Phi) is 6.00. The number of carbonyl (C=O) groups excluding carboxylic acids is 3. The molecule has 1 aliphatic rings. The third-order valence-corrected chi connectivity index (χ3v) is 4.30. The van der Waals surface area contributed by atoms with Gasteiger partial charge < -0.3 is 15.4 Å². The number of benzene rings is 2. The molecule has 0 radical (unpaired) electrons. The highest BCUT2D eigenvalue weighted by Crippen LogP contribution is 2.26. The Balaban J connectivity index is 1.62. The lowest BCUT2D eigenvalue weighted by molar-refractivity contribution is 0.0638. The number of hydrogen-bond acceptors (Lipinski definition) is 4. The summed E-state index contributed by atoms with van der Waals surface area (Å²) in [7, 11) is 1.56. The van der Waals surface area contributed by atoms with E-state index >= 15 is 0 Å². The van der Waals surface area contributed by atoms with Gasteiger partial charge in [0, 0.05) is 32.5 Å². The Labute approximate surface area is 161 Å². The van der Waals surface area contributed by atoms with E-state index in [2.05, 4.69) is 10.6 Å². The molecule has 0 unspecified atom stereocenters. The van der Waals surface area contributed by atoms with Gasteiger partial charge in [-0.1, -0.05) is 12.1 Å². The van der Waals surface area contributed by atoms with Gasteiger partial charge in [0.1, 0.15) is 5.82 Å². The van der Waals surface area contributed by atoms with Crippen molar-refractivity contribution in [3.8, 4) is 0 Å². The molecule has 1 heterocycles. The minimum atomic E-state index is -0.502. The highest BCUT2D eigenvalue weighted by molar-refractivity contribution is 6.21. The SMILES string of the molecule is COCCCN1C(=O)c2ccc(NC(=O)NCc3cccc(F)c3)cc2C1=O. The molecule has 1 aliphatic heterocycles. The Hall–Kier alpha value is -3.26. The first kappa shape index (κ1) is 19.5. The molecule has 2 N–H and O–H groups in total. The number of nitrogens with one attached hydrogen (secondary N) is 2.